The molecule has 0 aliphatic carbocycles. The molecule has 0 aliphatic rings. The zero-order valence-electron chi connectivity index (χ0n) is 17.3. The van der Waals surface area contributed by atoms with Gasteiger partial charge in [0.25, 0.3) is 0 Å². The Bertz CT molecular complexity index is 481. The van der Waals surface area contributed by atoms with Crippen LogP contribution in [0.15, 0.2) is 36.0 Å². The first-order chi connectivity index (χ1) is 10.9. The van der Waals surface area contributed by atoms with Gasteiger partial charge in [-0.2, -0.15) is 0 Å². The van der Waals surface area contributed by atoms with Crippen molar-refractivity contribution in [2.24, 2.45) is 11.8 Å². The van der Waals surface area contributed by atoms with E-state index < -0.39 is 8.32 Å². The normalized spacial score (nSPS) is 18.0. The van der Waals surface area contributed by atoms with E-state index in [-0.39, 0.29) is 17.1 Å². The summed E-state index contributed by atoms with van der Waals surface area (Å²) in [4.78, 5) is 11.0. The smallest absolute Gasteiger partial charge is 0.192 e. The molecule has 0 N–H and O–H groups in total. The molecule has 0 aromatic carbocycles. The summed E-state index contributed by atoms with van der Waals surface area (Å²) in [6.45, 7) is 23.6. The van der Waals surface area contributed by atoms with Crippen LogP contribution in [-0.4, -0.2) is 20.7 Å². The van der Waals surface area contributed by atoms with E-state index in [0.717, 1.165) is 18.3 Å². The molecular weight excluding hydrogens is 312 g/mol. The lowest BCUT2D eigenvalue weighted by Gasteiger charge is -2.42. The van der Waals surface area contributed by atoms with Crippen molar-refractivity contribution in [2.45, 2.75) is 79.1 Å². The summed E-state index contributed by atoms with van der Waals surface area (Å²) in [5.74, 6) is 0.580. The Morgan fingerprint density at radius 2 is 1.75 bits per heavy atom. The molecule has 0 saturated carbocycles. The maximum absolute atomic E-state index is 11.0. The van der Waals surface area contributed by atoms with Crippen molar-refractivity contribution >= 4 is 14.6 Å². The summed E-state index contributed by atoms with van der Waals surface area (Å²) in [6, 6.07) is 0. The lowest BCUT2D eigenvalue weighted by atomic mass is 9.88. The first-order valence-corrected chi connectivity index (χ1v) is 11.9. The number of hydrogen-bond acceptors (Lipinski definition) is 2. The van der Waals surface area contributed by atoms with Crippen molar-refractivity contribution < 1.29 is 9.22 Å². The maximum atomic E-state index is 11.0. The molecule has 0 saturated heterocycles. The van der Waals surface area contributed by atoms with Gasteiger partial charge in [0.15, 0.2) is 8.32 Å². The van der Waals surface area contributed by atoms with Crippen molar-refractivity contribution in [1.29, 1.82) is 0 Å². The van der Waals surface area contributed by atoms with Crippen LogP contribution in [0.2, 0.25) is 18.1 Å². The standard InChI is InChI=1S/C21H38O2Si/c1-11-12-16(2)13-18(4)20(19(5)14-17(3)15-22)23-24(9,10)21(6,7)8/h11-12,14-15,18-20H,1,13H2,2-10H3/b16-12+,17-14+/t18-,19+,20-/m0/s1. The first-order valence-electron chi connectivity index (χ1n) is 8.95. The predicted molar refractivity (Wildman–Crippen MR) is 109 cm³/mol. The van der Waals surface area contributed by atoms with E-state index in [4.69, 9.17) is 4.43 Å². The van der Waals surface area contributed by atoms with Crippen LogP contribution >= 0.6 is 0 Å². The zero-order chi connectivity index (χ0) is 19.1. The third-order valence-electron chi connectivity index (χ3n) is 5.07. The molecule has 0 radical (unpaired) electrons. The van der Waals surface area contributed by atoms with Gasteiger partial charge >= 0.3 is 0 Å². The summed E-state index contributed by atoms with van der Waals surface area (Å²) < 4.78 is 6.78. The molecule has 0 rings (SSSR count). The fraction of sp³-hybridized carbons (Fsp3) is 0.667. The van der Waals surface area contributed by atoms with Crippen LogP contribution in [0.4, 0.5) is 0 Å². The van der Waals surface area contributed by atoms with Gasteiger partial charge in [-0.15, -0.1) is 0 Å². The molecule has 3 atom stereocenters. The summed E-state index contributed by atoms with van der Waals surface area (Å²) in [5, 5.41) is 0.167. The minimum absolute atomic E-state index is 0.106. The molecule has 2 nitrogen and oxygen atoms in total. The second-order valence-corrected chi connectivity index (χ2v) is 13.4. The number of allylic oxidation sites excluding steroid dienone is 4. The largest absolute Gasteiger partial charge is 0.413 e. The van der Waals surface area contributed by atoms with Gasteiger partial charge in [-0.1, -0.05) is 65.0 Å². The number of carbonyl (C=O) groups is 1. The van der Waals surface area contributed by atoms with E-state index in [1.165, 1.54) is 5.57 Å². The van der Waals surface area contributed by atoms with Gasteiger partial charge in [0, 0.05) is 0 Å². The summed E-state index contributed by atoms with van der Waals surface area (Å²) in [5.41, 5.74) is 2.08. The van der Waals surface area contributed by atoms with Crippen LogP contribution in [0, 0.1) is 11.8 Å². The molecule has 0 heterocycles. The highest BCUT2D eigenvalue weighted by molar-refractivity contribution is 6.74. The van der Waals surface area contributed by atoms with Crippen molar-refractivity contribution in [3.05, 3.63) is 36.0 Å². The lowest BCUT2D eigenvalue weighted by Crippen LogP contribution is -2.47. The van der Waals surface area contributed by atoms with Crippen molar-refractivity contribution in [1.82, 2.24) is 0 Å². The second kappa shape index (κ2) is 9.52. The molecule has 24 heavy (non-hydrogen) atoms. The summed E-state index contributed by atoms with van der Waals surface area (Å²) in [6.07, 6.45) is 7.96. The maximum Gasteiger partial charge on any atom is 0.192 e. The average Bonchev–Trinajstić information content (AvgIpc) is 2.43. The molecular formula is C21H38O2Si. The SMILES string of the molecule is C=C/C=C(\C)C[C@H](C)[C@H](O[Si](C)(C)C(C)(C)C)[C@H](C)/C=C(\C)C=O. The highest BCUT2D eigenvalue weighted by Gasteiger charge is 2.41. The molecule has 0 aliphatic heterocycles. The second-order valence-electron chi connectivity index (χ2n) is 8.66. The van der Waals surface area contributed by atoms with Crippen molar-refractivity contribution in [3.8, 4) is 0 Å². The third-order valence-corrected chi connectivity index (χ3v) is 9.55. The van der Waals surface area contributed by atoms with Crippen LogP contribution in [0.3, 0.4) is 0 Å². The zero-order valence-corrected chi connectivity index (χ0v) is 18.3. The van der Waals surface area contributed by atoms with Gasteiger partial charge in [0.1, 0.15) is 6.29 Å². The number of aldehydes is 1. The minimum atomic E-state index is -1.88. The summed E-state index contributed by atoms with van der Waals surface area (Å²) in [7, 11) is -1.88. The molecule has 0 fully saturated rings. The Morgan fingerprint density at radius 3 is 2.17 bits per heavy atom. The van der Waals surface area contributed by atoms with Crippen LogP contribution < -0.4 is 0 Å². The van der Waals surface area contributed by atoms with Gasteiger partial charge < -0.3 is 4.43 Å². The summed E-state index contributed by atoms with van der Waals surface area (Å²) >= 11 is 0. The van der Waals surface area contributed by atoms with E-state index in [2.05, 4.69) is 67.3 Å². The van der Waals surface area contributed by atoms with Gasteiger partial charge in [0.05, 0.1) is 6.10 Å². The Kier molecular flexibility index (Phi) is 9.15. The first kappa shape index (κ1) is 23.1. The Balaban J connectivity index is 5.55. The third kappa shape index (κ3) is 7.31. The Morgan fingerprint density at radius 1 is 1.21 bits per heavy atom. The van der Waals surface area contributed by atoms with Gasteiger partial charge in [-0.05, 0) is 55.8 Å². The van der Waals surface area contributed by atoms with Crippen molar-refractivity contribution in [2.75, 3.05) is 0 Å². The molecule has 0 aromatic heterocycles. The number of hydrogen-bond donors (Lipinski definition) is 0. The fourth-order valence-corrected chi connectivity index (χ4v) is 4.18. The minimum Gasteiger partial charge on any atom is -0.413 e. The number of rotatable bonds is 9. The van der Waals surface area contributed by atoms with Crippen LogP contribution in [-0.2, 0) is 9.22 Å². The Hall–Kier alpha value is -0.933. The quantitative estimate of drug-likeness (QED) is 0.210. The van der Waals surface area contributed by atoms with E-state index in [1.54, 1.807) is 0 Å². The molecule has 0 unspecified atom stereocenters. The molecule has 0 aromatic rings. The van der Waals surface area contributed by atoms with E-state index >= 15 is 0 Å². The van der Waals surface area contributed by atoms with Gasteiger partial charge in [-0.25, -0.2) is 0 Å². The van der Waals surface area contributed by atoms with Gasteiger partial charge in [-0.3, -0.25) is 4.79 Å². The van der Waals surface area contributed by atoms with Crippen LogP contribution in [0.1, 0.15) is 54.9 Å². The highest BCUT2D eigenvalue weighted by Crippen LogP contribution is 2.40. The van der Waals surface area contributed by atoms with Gasteiger partial charge in [0.2, 0.25) is 0 Å². The fourth-order valence-electron chi connectivity index (χ4n) is 2.70. The highest BCUT2D eigenvalue weighted by atomic mass is 28.4. The van der Waals surface area contributed by atoms with Crippen LogP contribution in [0.5, 0.6) is 0 Å². The number of carbonyl (C=O) groups excluding carboxylic acids is 1. The predicted octanol–water partition coefficient (Wildman–Crippen LogP) is 6.32. The molecule has 0 spiro atoms. The Labute approximate surface area is 151 Å². The van der Waals surface area contributed by atoms with E-state index in [0.29, 0.717) is 5.92 Å². The molecule has 0 amide bonds. The van der Waals surface area contributed by atoms with Crippen molar-refractivity contribution in [3.63, 3.8) is 0 Å². The molecule has 3 heteroatoms. The topological polar surface area (TPSA) is 26.3 Å². The molecule has 138 valence electrons. The average molecular weight is 351 g/mol. The monoisotopic (exact) mass is 350 g/mol. The van der Waals surface area contributed by atoms with E-state index in [1.807, 2.05) is 19.1 Å². The van der Waals surface area contributed by atoms with E-state index in [9.17, 15) is 4.79 Å². The molecule has 0 bridgehead atoms. The lowest BCUT2D eigenvalue weighted by molar-refractivity contribution is -0.104. The van der Waals surface area contributed by atoms with Crippen LogP contribution in [0.25, 0.3) is 0 Å².